The van der Waals surface area contributed by atoms with Crippen LogP contribution in [0.2, 0.25) is 0 Å². The monoisotopic (exact) mass is 664 g/mol. The highest BCUT2D eigenvalue weighted by molar-refractivity contribution is 7.86. The van der Waals surface area contributed by atoms with Gasteiger partial charge in [-0.1, -0.05) is 20.8 Å². The van der Waals surface area contributed by atoms with E-state index in [1.54, 1.807) is 20.8 Å². The van der Waals surface area contributed by atoms with Gasteiger partial charge in [-0.25, -0.2) is 14.2 Å². The molecule has 2 aromatic carbocycles. The first-order valence-electron chi connectivity index (χ1n) is 12.1. The molecule has 0 aliphatic carbocycles. The Morgan fingerprint density at radius 2 is 1.41 bits per heavy atom. The highest BCUT2D eigenvalue weighted by Gasteiger charge is 2.29. The van der Waals surface area contributed by atoms with Gasteiger partial charge in [-0.3, -0.25) is 13.7 Å². The van der Waals surface area contributed by atoms with Gasteiger partial charge in [0.25, 0.3) is 36.0 Å². The standard InChI is InChI=1S/C24H24N8O9S3/c1-13-19(26-5)23(32(29-13)17-12-16(43(36,37)38)10-11-18(17)44(39,40)41)28-27-20-21(24(2,3)4)30-31(22(20)25)14-6-8-15(9-7-14)42(33,34)35/h6-12H,25H2,1-4H3,(H,33,34,35)(H,36,37,38)(H,39,40,41). The topological polar surface area (TPSA) is 254 Å². The lowest BCUT2D eigenvalue weighted by atomic mass is 9.91. The molecule has 44 heavy (non-hydrogen) atoms. The molecular weight excluding hydrogens is 641 g/mol. The fourth-order valence-corrected chi connectivity index (χ4v) is 5.65. The fraction of sp³-hybridized carbons (Fsp3) is 0.208. The summed E-state index contributed by atoms with van der Waals surface area (Å²) >= 11 is 0. The molecule has 0 bridgehead atoms. The van der Waals surface area contributed by atoms with E-state index in [1.165, 1.54) is 23.7 Å². The Labute approximate surface area is 251 Å². The molecule has 232 valence electrons. The molecule has 0 fully saturated rings. The van der Waals surface area contributed by atoms with E-state index in [0.29, 0.717) is 11.4 Å². The summed E-state index contributed by atoms with van der Waals surface area (Å²) in [4.78, 5) is 1.47. The summed E-state index contributed by atoms with van der Waals surface area (Å²) in [5.41, 5.74) is 5.55. The molecule has 17 nitrogen and oxygen atoms in total. The molecule has 0 aliphatic heterocycles. The van der Waals surface area contributed by atoms with Crippen molar-refractivity contribution in [2.45, 2.75) is 47.8 Å². The van der Waals surface area contributed by atoms with Crippen molar-refractivity contribution in [3.05, 3.63) is 65.3 Å². The van der Waals surface area contributed by atoms with Crippen molar-refractivity contribution in [1.82, 2.24) is 19.6 Å². The van der Waals surface area contributed by atoms with E-state index in [0.717, 1.165) is 35.0 Å². The summed E-state index contributed by atoms with van der Waals surface area (Å²) in [5, 5.41) is 17.0. The van der Waals surface area contributed by atoms with Crippen LogP contribution in [0.5, 0.6) is 0 Å². The Morgan fingerprint density at radius 1 is 0.841 bits per heavy atom. The quantitative estimate of drug-likeness (QED) is 0.124. The summed E-state index contributed by atoms with van der Waals surface area (Å²) in [6, 6.07) is 7.17. The van der Waals surface area contributed by atoms with E-state index < -0.39 is 51.2 Å². The number of nitrogen functional groups attached to an aromatic ring is 1. The second kappa shape index (κ2) is 10.9. The molecular formula is C24H24N8O9S3. The first kappa shape index (κ1) is 32.4. The number of azo groups is 1. The number of nitrogens with zero attached hydrogens (tertiary/aromatic N) is 7. The van der Waals surface area contributed by atoms with Crippen LogP contribution in [-0.4, -0.2) is 58.5 Å². The zero-order valence-corrected chi connectivity index (χ0v) is 25.7. The Balaban J connectivity index is 1.97. The molecule has 20 heteroatoms. The van der Waals surface area contributed by atoms with Gasteiger partial charge in [0, 0.05) is 5.41 Å². The van der Waals surface area contributed by atoms with E-state index in [1.807, 2.05) is 0 Å². The van der Waals surface area contributed by atoms with Crippen LogP contribution >= 0.6 is 0 Å². The van der Waals surface area contributed by atoms with E-state index >= 15 is 0 Å². The van der Waals surface area contributed by atoms with Crippen LogP contribution < -0.4 is 5.73 Å². The first-order valence-corrected chi connectivity index (χ1v) is 16.4. The second-order valence-electron chi connectivity index (χ2n) is 10.3. The van der Waals surface area contributed by atoms with Crippen LogP contribution in [0.15, 0.2) is 67.4 Å². The number of aromatic nitrogens is 4. The maximum Gasteiger partial charge on any atom is 0.296 e. The summed E-state index contributed by atoms with van der Waals surface area (Å²) < 4.78 is 102. The van der Waals surface area contributed by atoms with Gasteiger partial charge in [-0.15, -0.1) is 10.2 Å². The van der Waals surface area contributed by atoms with Crippen LogP contribution in [-0.2, 0) is 35.8 Å². The van der Waals surface area contributed by atoms with E-state index in [2.05, 4.69) is 25.3 Å². The summed E-state index contributed by atoms with van der Waals surface area (Å²) in [6.07, 6.45) is 0. The third-order valence-electron chi connectivity index (χ3n) is 6.08. The van der Waals surface area contributed by atoms with E-state index in [4.69, 9.17) is 12.3 Å². The van der Waals surface area contributed by atoms with Crippen LogP contribution in [0.25, 0.3) is 16.2 Å². The SMILES string of the molecule is [C-]#[N+]c1c(C)nn(-c2cc(S(=O)(=O)O)ccc2S(=O)(=O)O)c1N=Nc1c(C(C)(C)C)nn(-c2ccc(S(=O)(=O)O)cc2)c1N. The number of hydrogen-bond donors (Lipinski definition) is 4. The molecule has 0 aliphatic rings. The second-order valence-corrected chi connectivity index (χ2v) is 14.5. The molecule has 2 heterocycles. The van der Waals surface area contributed by atoms with E-state index in [9.17, 15) is 38.9 Å². The van der Waals surface area contributed by atoms with Crippen LogP contribution in [0.3, 0.4) is 0 Å². The third kappa shape index (κ3) is 6.23. The van der Waals surface area contributed by atoms with Crippen molar-refractivity contribution in [1.29, 1.82) is 0 Å². The smallest absolute Gasteiger partial charge is 0.296 e. The summed E-state index contributed by atoms with van der Waals surface area (Å²) in [5.74, 6) is -0.447. The molecule has 0 radical (unpaired) electrons. The Bertz CT molecular complexity index is 2210. The average Bonchev–Trinajstić information content (AvgIpc) is 3.41. The number of anilines is 1. The van der Waals surface area contributed by atoms with Gasteiger partial charge >= 0.3 is 0 Å². The van der Waals surface area contributed by atoms with Crippen molar-refractivity contribution >= 4 is 53.4 Å². The van der Waals surface area contributed by atoms with Gasteiger partial charge in [-0.05, 0) is 49.4 Å². The Morgan fingerprint density at radius 3 is 1.91 bits per heavy atom. The molecule has 4 rings (SSSR count). The predicted octanol–water partition coefficient (Wildman–Crippen LogP) is 3.95. The Kier molecular flexibility index (Phi) is 8.01. The molecule has 5 N–H and O–H groups in total. The maximum absolute atomic E-state index is 12.2. The molecule has 0 spiro atoms. The lowest BCUT2D eigenvalue weighted by Gasteiger charge is -2.15. The van der Waals surface area contributed by atoms with Crippen molar-refractivity contribution < 1.29 is 38.9 Å². The van der Waals surface area contributed by atoms with Crippen LogP contribution in [0.4, 0.5) is 23.0 Å². The highest BCUT2D eigenvalue weighted by atomic mass is 32.2. The molecule has 2 aromatic heterocycles. The summed E-state index contributed by atoms with van der Waals surface area (Å²) in [7, 11) is -14.3. The third-order valence-corrected chi connectivity index (χ3v) is 8.70. The zero-order chi connectivity index (χ0) is 33.0. The largest absolute Gasteiger partial charge is 0.382 e. The number of nitrogens with two attached hydrogens (primary N) is 1. The highest BCUT2D eigenvalue weighted by Crippen LogP contribution is 2.41. The van der Waals surface area contributed by atoms with Gasteiger partial charge in [0.2, 0.25) is 0 Å². The Hall–Kier alpha value is -4.52. The fourth-order valence-electron chi connectivity index (χ4n) is 4.02. The van der Waals surface area contributed by atoms with Crippen LogP contribution in [0.1, 0.15) is 32.2 Å². The predicted molar refractivity (Wildman–Crippen MR) is 155 cm³/mol. The molecule has 0 amide bonds. The number of benzene rings is 2. The van der Waals surface area contributed by atoms with Crippen molar-refractivity contribution in [3.63, 3.8) is 0 Å². The zero-order valence-electron chi connectivity index (χ0n) is 23.3. The van der Waals surface area contributed by atoms with Crippen LogP contribution in [0, 0.1) is 13.5 Å². The van der Waals surface area contributed by atoms with Crippen molar-refractivity contribution in [2.75, 3.05) is 5.73 Å². The van der Waals surface area contributed by atoms with Gasteiger partial charge in [0.15, 0.2) is 17.3 Å². The maximum atomic E-state index is 12.2. The van der Waals surface area contributed by atoms with Crippen molar-refractivity contribution in [2.24, 2.45) is 10.2 Å². The molecule has 0 saturated heterocycles. The first-order chi connectivity index (χ1) is 20.1. The minimum Gasteiger partial charge on any atom is -0.382 e. The number of rotatable bonds is 7. The lowest BCUT2D eigenvalue weighted by molar-refractivity contribution is 0.477. The number of aryl methyl sites for hydroxylation is 1. The minimum absolute atomic E-state index is 0.0133. The van der Waals surface area contributed by atoms with E-state index in [-0.39, 0.29) is 33.6 Å². The average molecular weight is 665 g/mol. The molecule has 0 saturated carbocycles. The number of hydrogen-bond acceptors (Lipinski definition) is 11. The molecule has 0 unspecified atom stereocenters. The summed E-state index contributed by atoms with van der Waals surface area (Å²) in [6.45, 7) is 14.4. The normalized spacial score (nSPS) is 13.0. The van der Waals surface area contributed by atoms with Gasteiger partial charge < -0.3 is 5.73 Å². The lowest BCUT2D eigenvalue weighted by Crippen LogP contribution is -2.13. The van der Waals surface area contributed by atoms with Crippen molar-refractivity contribution in [3.8, 4) is 11.4 Å². The molecule has 0 atom stereocenters. The molecule has 4 aromatic rings. The minimum atomic E-state index is -4.98. The van der Waals surface area contributed by atoms with Gasteiger partial charge in [0.05, 0.1) is 39.1 Å². The van der Waals surface area contributed by atoms with Gasteiger partial charge in [-0.2, -0.15) is 35.5 Å². The van der Waals surface area contributed by atoms with Gasteiger partial charge in [0.1, 0.15) is 4.90 Å².